The first kappa shape index (κ1) is 14.6. The molecule has 22 heavy (non-hydrogen) atoms. The molecule has 0 saturated carbocycles. The molecular formula is C18H12F3Si. The van der Waals surface area contributed by atoms with Crippen molar-refractivity contribution < 1.29 is 13.2 Å². The number of hydrogen-bond donors (Lipinski definition) is 0. The van der Waals surface area contributed by atoms with Crippen molar-refractivity contribution in [2.24, 2.45) is 0 Å². The van der Waals surface area contributed by atoms with Gasteiger partial charge in [-0.15, -0.1) is 0 Å². The molecule has 0 aliphatic carbocycles. The predicted molar refractivity (Wildman–Crippen MR) is 83.9 cm³/mol. The third-order valence-electron chi connectivity index (χ3n) is 3.43. The number of hydrogen-bond acceptors (Lipinski definition) is 0. The maximum absolute atomic E-state index is 14.3. The van der Waals surface area contributed by atoms with Crippen LogP contribution in [-0.2, 0) is 0 Å². The molecule has 0 spiro atoms. The molecule has 0 amide bonds. The molecular weight excluding hydrogens is 301 g/mol. The second kappa shape index (κ2) is 6.20. The topological polar surface area (TPSA) is 0 Å². The Morgan fingerprint density at radius 1 is 0.455 bits per heavy atom. The first-order valence-corrected chi connectivity index (χ1v) is 8.30. The summed E-state index contributed by atoms with van der Waals surface area (Å²) in [5.41, 5.74) is 0. The van der Waals surface area contributed by atoms with Gasteiger partial charge in [-0.1, -0.05) is 54.6 Å². The van der Waals surface area contributed by atoms with E-state index < -0.39 is 26.2 Å². The highest BCUT2D eigenvalue weighted by atomic mass is 28.3. The van der Waals surface area contributed by atoms with Gasteiger partial charge in [0, 0.05) is 0 Å². The lowest BCUT2D eigenvalue weighted by Crippen LogP contribution is -2.55. The number of rotatable bonds is 3. The van der Waals surface area contributed by atoms with Gasteiger partial charge in [0.2, 0.25) is 0 Å². The van der Waals surface area contributed by atoms with E-state index in [2.05, 4.69) is 0 Å². The van der Waals surface area contributed by atoms with Crippen LogP contribution >= 0.6 is 0 Å². The Kier molecular flexibility index (Phi) is 4.11. The third kappa shape index (κ3) is 2.70. The van der Waals surface area contributed by atoms with E-state index in [9.17, 15) is 13.2 Å². The van der Waals surface area contributed by atoms with Gasteiger partial charge in [-0.05, 0) is 33.8 Å². The second-order valence-electron chi connectivity index (χ2n) is 4.81. The van der Waals surface area contributed by atoms with Crippen molar-refractivity contribution in [2.75, 3.05) is 0 Å². The lowest BCUT2D eigenvalue weighted by Gasteiger charge is -2.18. The largest absolute Gasteiger partial charge is 0.207 e. The Balaban J connectivity index is 2.27. The van der Waals surface area contributed by atoms with Crippen molar-refractivity contribution >= 4 is 24.4 Å². The van der Waals surface area contributed by atoms with E-state index in [1.807, 2.05) is 0 Å². The zero-order chi connectivity index (χ0) is 15.5. The molecule has 0 aliphatic heterocycles. The van der Waals surface area contributed by atoms with Crippen LogP contribution in [0.25, 0.3) is 0 Å². The van der Waals surface area contributed by atoms with Crippen LogP contribution in [0.5, 0.6) is 0 Å². The average Bonchev–Trinajstić information content (AvgIpc) is 2.53. The Bertz CT molecular complexity index is 693. The summed E-state index contributed by atoms with van der Waals surface area (Å²) in [6, 6.07) is 18.5. The van der Waals surface area contributed by atoms with Crippen LogP contribution in [0.4, 0.5) is 13.2 Å². The van der Waals surface area contributed by atoms with Crippen molar-refractivity contribution in [3.63, 3.8) is 0 Å². The summed E-state index contributed by atoms with van der Waals surface area (Å²) in [7, 11) is -2.09. The van der Waals surface area contributed by atoms with Gasteiger partial charge in [-0.2, -0.15) is 0 Å². The van der Waals surface area contributed by atoms with E-state index in [0.29, 0.717) is 15.6 Å². The average molecular weight is 313 g/mol. The summed E-state index contributed by atoms with van der Waals surface area (Å²) < 4.78 is 42.8. The summed E-state index contributed by atoms with van der Waals surface area (Å²) >= 11 is 0. The molecule has 0 nitrogen and oxygen atoms in total. The van der Waals surface area contributed by atoms with E-state index in [1.165, 1.54) is 18.2 Å². The summed E-state index contributed by atoms with van der Waals surface area (Å²) in [6.45, 7) is 0. The zero-order valence-corrected chi connectivity index (χ0v) is 12.6. The van der Waals surface area contributed by atoms with Crippen LogP contribution in [0.15, 0.2) is 72.8 Å². The van der Waals surface area contributed by atoms with E-state index in [1.54, 1.807) is 54.6 Å². The van der Waals surface area contributed by atoms with Gasteiger partial charge in [-0.25, -0.2) is 13.2 Å². The van der Waals surface area contributed by atoms with Crippen LogP contribution < -0.4 is 15.6 Å². The van der Waals surface area contributed by atoms with Crippen LogP contribution in [0.3, 0.4) is 0 Å². The Morgan fingerprint density at radius 3 is 1.00 bits per heavy atom. The van der Waals surface area contributed by atoms with Crippen molar-refractivity contribution in [1.29, 1.82) is 0 Å². The molecule has 0 unspecified atom stereocenters. The first-order chi connectivity index (χ1) is 10.7. The fourth-order valence-corrected chi connectivity index (χ4v) is 5.05. The molecule has 109 valence electrons. The minimum absolute atomic E-state index is 0.350. The van der Waals surface area contributed by atoms with Gasteiger partial charge >= 0.3 is 0 Å². The molecule has 4 heteroatoms. The van der Waals surface area contributed by atoms with E-state index in [4.69, 9.17) is 0 Å². The number of benzene rings is 3. The van der Waals surface area contributed by atoms with E-state index in [-0.39, 0.29) is 0 Å². The fraction of sp³-hybridized carbons (Fsp3) is 0. The normalized spacial score (nSPS) is 10.9. The highest BCUT2D eigenvalue weighted by Crippen LogP contribution is 2.04. The lowest BCUT2D eigenvalue weighted by molar-refractivity contribution is 0.630. The molecule has 3 aromatic carbocycles. The monoisotopic (exact) mass is 313 g/mol. The van der Waals surface area contributed by atoms with Gasteiger partial charge < -0.3 is 0 Å². The molecule has 0 aromatic heterocycles. The van der Waals surface area contributed by atoms with Crippen molar-refractivity contribution in [2.45, 2.75) is 0 Å². The second-order valence-corrected chi connectivity index (χ2v) is 7.18. The third-order valence-corrected chi connectivity index (χ3v) is 6.26. The fourth-order valence-electron chi connectivity index (χ4n) is 2.43. The summed E-state index contributed by atoms with van der Waals surface area (Å²) in [4.78, 5) is 0. The molecule has 1 radical (unpaired) electrons. The molecule has 0 atom stereocenters. The lowest BCUT2D eigenvalue weighted by atomic mass is 10.3. The minimum atomic E-state index is -2.09. The number of halogens is 3. The van der Waals surface area contributed by atoms with Crippen molar-refractivity contribution in [3.05, 3.63) is 90.2 Å². The zero-order valence-electron chi connectivity index (χ0n) is 11.6. The maximum atomic E-state index is 14.3. The van der Waals surface area contributed by atoms with E-state index in [0.717, 1.165) is 0 Å². The van der Waals surface area contributed by atoms with Crippen molar-refractivity contribution in [1.82, 2.24) is 0 Å². The Labute approximate surface area is 128 Å². The minimum Gasteiger partial charge on any atom is -0.207 e. The first-order valence-electron chi connectivity index (χ1n) is 6.80. The quantitative estimate of drug-likeness (QED) is 0.515. The van der Waals surface area contributed by atoms with Crippen LogP contribution in [0.1, 0.15) is 0 Å². The molecule has 0 fully saturated rings. The summed E-state index contributed by atoms with van der Waals surface area (Å²) in [5, 5.41) is 1.05. The van der Waals surface area contributed by atoms with Crippen LogP contribution in [0.2, 0.25) is 0 Å². The molecule has 3 rings (SSSR count). The van der Waals surface area contributed by atoms with Crippen molar-refractivity contribution in [3.8, 4) is 0 Å². The maximum Gasteiger partial charge on any atom is 0.166 e. The molecule has 0 bridgehead atoms. The van der Waals surface area contributed by atoms with Gasteiger partial charge in [-0.3, -0.25) is 0 Å². The highest BCUT2D eigenvalue weighted by molar-refractivity contribution is 6.95. The molecule has 0 heterocycles. The molecule has 0 aliphatic rings. The smallest absolute Gasteiger partial charge is 0.166 e. The van der Waals surface area contributed by atoms with Crippen LogP contribution in [0, 0.1) is 17.5 Å². The molecule has 0 saturated heterocycles. The van der Waals surface area contributed by atoms with Gasteiger partial charge in [0.25, 0.3) is 0 Å². The predicted octanol–water partition coefficient (Wildman–Crippen LogP) is 2.62. The van der Waals surface area contributed by atoms with Gasteiger partial charge in [0.15, 0.2) is 8.80 Å². The van der Waals surface area contributed by atoms with Gasteiger partial charge in [0.1, 0.15) is 17.5 Å². The molecule has 0 N–H and O–H groups in total. The summed E-state index contributed by atoms with van der Waals surface area (Å²) in [5.74, 6) is -1.33. The molecule has 3 aromatic rings. The summed E-state index contributed by atoms with van der Waals surface area (Å²) in [6.07, 6.45) is 0. The van der Waals surface area contributed by atoms with Crippen LogP contribution in [-0.4, -0.2) is 8.80 Å². The van der Waals surface area contributed by atoms with Gasteiger partial charge in [0.05, 0.1) is 0 Å². The highest BCUT2D eigenvalue weighted by Gasteiger charge is 2.27. The SMILES string of the molecule is Fc1ccccc1[Si](c1ccccc1F)c1ccccc1F. The van der Waals surface area contributed by atoms with E-state index >= 15 is 0 Å². The Morgan fingerprint density at radius 2 is 0.727 bits per heavy atom. The standard InChI is InChI=1S/C18H12F3Si/c19-13-7-1-4-10-16(13)22(17-11-5-2-8-14(17)20)18-12-6-3-9-15(18)21/h1-12H. The Hall–Kier alpha value is -2.33.